The summed E-state index contributed by atoms with van der Waals surface area (Å²) >= 11 is 0. The second-order valence-electron chi connectivity index (χ2n) is 8.17. The van der Waals surface area contributed by atoms with Gasteiger partial charge in [0, 0.05) is 32.3 Å². The number of aromatic nitrogens is 3. The molecule has 5 rings (SSSR count). The van der Waals surface area contributed by atoms with Crippen molar-refractivity contribution >= 4 is 17.6 Å². The van der Waals surface area contributed by atoms with Gasteiger partial charge >= 0.3 is 5.97 Å². The maximum atomic E-state index is 9.76. The molecule has 1 aromatic carbocycles. The molecule has 0 atom stereocenters. The van der Waals surface area contributed by atoms with Crippen molar-refractivity contribution in [2.75, 3.05) is 25.9 Å². The second kappa shape index (κ2) is 9.45. The summed E-state index contributed by atoms with van der Waals surface area (Å²) in [6, 6.07) is 14.6. The largest absolute Gasteiger partial charge is 0.481 e. The lowest BCUT2D eigenvalue weighted by Crippen LogP contribution is -2.36. The molecule has 2 aromatic heterocycles. The summed E-state index contributed by atoms with van der Waals surface area (Å²) in [4.78, 5) is 16.5. The van der Waals surface area contributed by atoms with Gasteiger partial charge in [-0.25, -0.2) is 4.52 Å². The number of nitrogen functional groups attached to an aromatic ring is 1. The van der Waals surface area contributed by atoms with Crippen molar-refractivity contribution in [1.82, 2.24) is 19.5 Å². The Balaban J connectivity index is 0.000000334. The molecule has 3 N–H and O–H groups in total. The maximum Gasteiger partial charge on any atom is 0.306 e. The number of hydrogen-bond donors (Lipinski definition) is 2. The van der Waals surface area contributed by atoms with Crippen LogP contribution in [0.3, 0.4) is 0 Å². The summed E-state index contributed by atoms with van der Waals surface area (Å²) in [5, 5.41) is 12.3. The van der Waals surface area contributed by atoms with Crippen LogP contribution in [0.1, 0.15) is 31.2 Å². The number of benzene rings is 1. The van der Waals surface area contributed by atoms with Gasteiger partial charge in [0.05, 0.1) is 17.7 Å². The number of aliphatic carboxylic acids is 1. The molecule has 0 amide bonds. The predicted molar refractivity (Wildman–Crippen MR) is 119 cm³/mol. The van der Waals surface area contributed by atoms with E-state index in [1.807, 2.05) is 25.3 Å². The normalized spacial score (nSPS) is 17.3. The van der Waals surface area contributed by atoms with Crippen LogP contribution in [0, 0.1) is 5.92 Å². The average Bonchev–Trinajstić information content (AvgIpc) is 3.56. The van der Waals surface area contributed by atoms with E-state index in [0.717, 1.165) is 62.2 Å². The molecule has 1 saturated heterocycles. The number of pyridine rings is 1. The third-order valence-electron chi connectivity index (χ3n) is 5.83. The number of fused-ring (bicyclic) bond motifs is 1. The first kappa shape index (κ1) is 21.3. The van der Waals surface area contributed by atoms with E-state index in [1.165, 1.54) is 5.56 Å². The van der Waals surface area contributed by atoms with Gasteiger partial charge in [0.15, 0.2) is 5.65 Å². The number of anilines is 1. The van der Waals surface area contributed by atoms with Crippen LogP contribution in [-0.2, 0) is 16.1 Å². The van der Waals surface area contributed by atoms with Crippen molar-refractivity contribution in [1.29, 1.82) is 0 Å². The Kier molecular flexibility index (Phi) is 6.48. The molecule has 1 aliphatic carbocycles. The van der Waals surface area contributed by atoms with E-state index >= 15 is 0 Å². The van der Waals surface area contributed by atoms with Gasteiger partial charge in [0.25, 0.3) is 0 Å². The third kappa shape index (κ3) is 5.39. The number of methoxy groups -OCH3 is 1. The molecule has 31 heavy (non-hydrogen) atoms. The minimum atomic E-state index is -0.630. The van der Waals surface area contributed by atoms with Crippen LogP contribution in [0.25, 0.3) is 16.9 Å². The molecule has 2 aliphatic rings. The Morgan fingerprint density at radius 3 is 2.42 bits per heavy atom. The van der Waals surface area contributed by atoms with Crippen LogP contribution < -0.4 is 5.73 Å². The van der Waals surface area contributed by atoms with Gasteiger partial charge in [-0.3, -0.25) is 9.69 Å². The molecule has 1 saturated carbocycles. The number of rotatable bonds is 5. The van der Waals surface area contributed by atoms with E-state index in [1.54, 1.807) is 4.52 Å². The number of likely N-dealkylation sites (tertiary alicyclic amines) is 1. The van der Waals surface area contributed by atoms with E-state index in [9.17, 15) is 4.79 Å². The summed E-state index contributed by atoms with van der Waals surface area (Å²) in [5.74, 6) is -0.316. The zero-order chi connectivity index (χ0) is 21.8. The number of piperidine rings is 1. The summed E-state index contributed by atoms with van der Waals surface area (Å²) < 4.78 is 7.23. The summed E-state index contributed by atoms with van der Waals surface area (Å²) in [6.07, 6.45) is 4.45. The number of hydrogen-bond acceptors (Lipinski definition) is 6. The molecule has 164 valence electrons. The van der Waals surface area contributed by atoms with Gasteiger partial charge < -0.3 is 15.6 Å². The molecule has 0 unspecified atom stereocenters. The Hall–Kier alpha value is -2.97. The highest BCUT2D eigenvalue weighted by Gasteiger charge is 2.28. The summed E-state index contributed by atoms with van der Waals surface area (Å²) in [7, 11) is 1.81. The number of carboxylic acids is 1. The number of carbonyl (C=O) groups is 1. The smallest absolute Gasteiger partial charge is 0.306 e. The summed E-state index contributed by atoms with van der Waals surface area (Å²) in [6.45, 7) is 3.17. The standard InChI is InChI=1S/C19H23N5O.C4H6O2/c1-25-16-9-11-23(12-10-16)13-14-5-7-15(8-6-14)17-3-2-4-18-21-19(20)22-24(17)18;5-4(6)3-1-2-3/h2-8,16H,9-13H2,1H3,(H2,20,22);3H,1-2H2,(H,5,6). The fourth-order valence-electron chi connectivity index (χ4n) is 3.81. The second-order valence-corrected chi connectivity index (χ2v) is 8.17. The van der Waals surface area contributed by atoms with Crippen LogP contribution in [0.5, 0.6) is 0 Å². The first-order valence-corrected chi connectivity index (χ1v) is 10.7. The number of ether oxygens (including phenoxy) is 1. The molecule has 0 spiro atoms. The minimum Gasteiger partial charge on any atom is -0.481 e. The zero-order valence-corrected chi connectivity index (χ0v) is 17.8. The lowest BCUT2D eigenvalue weighted by Gasteiger charge is -2.31. The van der Waals surface area contributed by atoms with E-state index < -0.39 is 5.97 Å². The molecular formula is C23H29N5O3. The van der Waals surface area contributed by atoms with Gasteiger partial charge in [-0.05, 0) is 43.4 Å². The lowest BCUT2D eigenvalue weighted by atomic mass is 10.1. The highest BCUT2D eigenvalue weighted by atomic mass is 16.5. The molecule has 0 bridgehead atoms. The Labute approximate surface area is 181 Å². The maximum absolute atomic E-state index is 9.76. The number of nitrogens with zero attached hydrogens (tertiary/aromatic N) is 4. The Morgan fingerprint density at radius 1 is 1.13 bits per heavy atom. The van der Waals surface area contributed by atoms with Gasteiger partial charge in [-0.2, -0.15) is 4.98 Å². The molecule has 8 heteroatoms. The first-order valence-electron chi connectivity index (χ1n) is 10.7. The molecular weight excluding hydrogens is 394 g/mol. The quantitative estimate of drug-likeness (QED) is 0.649. The van der Waals surface area contributed by atoms with Gasteiger partial charge in [0.2, 0.25) is 5.95 Å². The molecule has 1 aliphatic heterocycles. The fourth-order valence-corrected chi connectivity index (χ4v) is 3.81. The van der Waals surface area contributed by atoms with Crippen molar-refractivity contribution < 1.29 is 14.6 Å². The fraction of sp³-hybridized carbons (Fsp3) is 0.435. The van der Waals surface area contributed by atoms with Gasteiger partial charge in [0.1, 0.15) is 0 Å². The molecule has 3 aromatic rings. The van der Waals surface area contributed by atoms with E-state index in [0.29, 0.717) is 12.1 Å². The minimum absolute atomic E-state index is 0.0185. The molecule has 0 radical (unpaired) electrons. The number of nitrogens with two attached hydrogens (primary N) is 1. The van der Waals surface area contributed by atoms with E-state index in [2.05, 4.69) is 39.2 Å². The van der Waals surface area contributed by atoms with Crippen molar-refractivity contribution in [2.24, 2.45) is 5.92 Å². The van der Waals surface area contributed by atoms with E-state index in [-0.39, 0.29) is 5.92 Å². The SMILES string of the molecule is COC1CCN(Cc2ccc(-c3cccc4nc(N)nn34)cc2)CC1.O=C(O)C1CC1. The summed E-state index contributed by atoms with van der Waals surface area (Å²) in [5.41, 5.74) is 9.92. The van der Waals surface area contributed by atoms with Gasteiger partial charge in [-0.1, -0.05) is 30.3 Å². The monoisotopic (exact) mass is 423 g/mol. The van der Waals surface area contributed by atoms with Crippen LogP contribution in [-0.4, -0.2) is 56.9 Å². The highest BCUT2D eigenvalue weighted by Crippen LogP contribution is 2.28. The Morgan fingerprint density at radius 2 is 1.84 bits per heavy atom. The van der Waals surface area contributed by atoms with E-state index in [4.69, 9.17) is 15.6 Å². The van der Waals surface area contributed by atoms with Crippen LogP contribution in [0.4, 0.5) is 5.95 Å². The average molecular weight is 424 g/mol. The zero-order valence-electron chi connectivity index (χ0n) is 17.8. The first-order chi connectivity index (χ1) is 15.0. The van der Waals surface area contributed by atoms with Crippen LogP contribution in [0.2, 0.25) is 0 Å². The topological polar surface area (TPSA) is 106 Å². The van der Waals surface area contributed by atoms with Crippen LogP contribution in [0.15, 0.2) is 42.5 Å². The van der Waals surface area contributed by atoms with Crippen molar-refractivity contribution in [3.8, 4) is 11.3 Å². The van der Waals surface area contributed by atoms with Gasteiger partial charge in [-0.15, -0.1) is 5.10 Å². The third-order valence-corrected chi connectivity index (χ3v) is 5.83. The molecule has 8 nitrogen and oxygen atoms in total. The molecule has 2 fully saturated rings. The van der Waals surface area contributed by atoms with Crippen molar-refractivity contribution in [3.05, 3.63) is 48.0 Å². The highest BCUT2D eigenvalue weighted by molar-refractivity contribution is 5.72. The lowest BCUT2D eigenvalue weighted by molar-refractivity contribution is -0.138. The predicted octanol–water partition coefficient (Wildman–Crippen LogP) is 3.07. The van der Waals surface area contributed by atoms with Crippen LogP contribution >= 0.6 is 0 Å². The Bertz CT molecular complexity index is 1020. The molecule has 3 heterocycles. The van der Waals surface area contributed by atoms with Crippen molar-refractivity contribution in [2.45, 2.75) is 38.3 Å². The van der Waals surface area contributed by atoms with Crippen molar-refractivity contribution in [3.63, 3.8) is 0 Å². The number of carboxylic acid groups (broad SMARTS) is 1.